The predicted octanol–water partition coefficient (Wildman–Crippen LogP) is 2.72. The van der Waals surface area contributed by atoms with Gasteiger partial charge in [0.15, 0.2) is 0 Å². The Morgan fingerprint density at radius 3 is 2.39 bits per heavy atom. The molecule has 0 saturated heterocycles. The number of sulfonamides is 1. The topological polar surface area (TPSA) is 120 Å². The molecule has 0 saturated carbocycles. The van der Waals surface area contributed by atoms with E-state index >= 15 is 0 Å². The Labute approximate surface area is 181 Å². The SMILES string of the molecule is CCOCCOCCOC(=O)c1cccc(NC(=O)NS(=O)(=O)c2ccccc2C)c1. The maximum Gasteiger partial charge on any atom is 0.338 e. The van der Waals surface area contributed by atoms with E-state index in [1.165, 1.54) is 24.3 Å². The molecule has 0 atom stereocenters. The summed E-state index contributed by atoms with van der Waals surface area (Å²) >= 11 is 0. The number of esters is 1. The summed E-state index contributed by atoms with van der Waals surface area (Å²) in [5.41, 5.74) is 0.947. The van der Waals surface area contributed by atoms with Crippen LogP contribution in [0.5, 0.6) is 0 Å². The molecule has 0 aliphatic rings. The summed E-state index contributed by atoms with van der Waals surface area (Å²) in [6.07, 6.45) is 0. The van der Waals surface area contributed by atoms with Crippen molar-refractivity contribution in [2.24, 2.45) is 0 Å². The lowest BCUT2D eigenvalue weighted by Gasteiger charge is -2.11. The minimum atomic E-state index is -4.04. The highest BCUT2D eigenvalue weighted by Gasteiger charge is 2.19. The maximum atomic E-state index is 12.4. The third kappa shape index (κ3) is 8.00. The number of ether oxygens (including phenoxy) is 3. The van der Waals surface area contributed by atoms with E-state index in [1.807, 2.05) is 11.6 Å². The van der Waals surface area contributed by atoms with Crippen molar-refractivity contribution in [2.45, 2.75) is 18.7 Å². The second-order valence-electron chi connectivity index (χ2n) is 6.35. The Morgan fingerprint density at radius 1 is 0.935 bits per heavy atom. The third-order valence-corrected chi connectivity index (χ3v) is 5.49. The van der Waals surface area contributed by atoms with Gasteiger partial charge in [-0.2, -0.15) is 0 Å². The van der Waals surface area contributed by atoms with Gasteiger partial charge in [0, 0.05) is 12.3 Å². The van der Waals surface area contributed by atoms with Crippen LogP contribution in [-0.2, 0) is 24.2 Å². The first-order valence-corrected chi connectivity index (χ1v) is 11.1. The molecule has 10 heteroatoms. The standard InChI is InChI=1S/C21H26N2O7S/c1-3-28-11-12-29-13-14-30-20(24)17-8-6-9-18(15-17)22-21(25)23-31(26,27)19-10-5-4-7-16(19)2/h4-10,15H,3,11-14H2,1-2H3,(H2,22,23,25). The van der Waals surface area contributed by atoms with Gasteiger partial charge in [-0.3, -0.25) is 0 Å². The number of amides is 2. The average Bonchev–Trinajstić information content (AvgIpc) is 2.73. The van der Waals surface area contributed by atoms with Crippen LogP contribution in [0.1, 0.15) is 22.8 Å². The zero-order chi connectivity index (χ0) is 22.7. The Bertz CT molecular complexity index is 993. The second kappa shape index (κ2) is 12.0. The molecule has 0 aromatic heterocycles. The quantitative estimate of drug-likeness (QED) is 0.399. The summed E-state index contributed by atoms with van der Waals surface area (Å²) in [7, 11) is -4.04. The average molecular weight is 451 g/mol. The van der Waals surface area contributed by atoms with Crippen LogP contribution < -0.4 is 10.0 Å². The first-order chi connectivity index (χ1) is 14.8. The lowest BCUT2D eigenvalue weighted by Crippen LogP contribution is -2.34. The molecule has 168 valence electrons. The molecule has 31 heavy (non-hydrogen) atoms. The summed E-state index contributed by atoms with van der Waals surface area (Å²) in [4.78, 5) is 24.3. The van der Waals surface area contributed by atoms with Gasteiger partial charge in [-0.05, 0) is 43.7 Å². The number of benzene rings is 2. The molecule has 2 amide bonds. The van der Waals surface area contributed by atoms with E-state index in [2.05, 4.69) is 5.32 Å². The molecule has 0 spiro atoms. The monoisotopic (exact) mass is 450 g/mol. The normalized spacial score (nSPS) is 11.0. The van der Waals surface area contributed by atoms with E-state index in [0.29, 0.717) is 25.4 Å². The maximum absolute atomic E-state index is 12.4. The smallest absolute Gasteiger partial charge is 0.338 e. The Balaban J connectivity index is 1.88. The van der Waals surface area contributed by atoms with Crippen molar-refractivity contribution in [2.75, 3.05) is 38.4 Å². The van der Waals surface area contributed by atoms with Crippen molar-refractivity contribution >= 4 is 27.7 Å². The summed E-state index contributed by atoms with van der Waals surface area (Å²) in [6.45, 7) is 5.31. The van der Waals surface area contributed by atoms with E-state index in [-0.39, 0.29) is 29.4 Å². The predicted molar refractivity (Wildman–Crippen MR) is 115 cm³/mol. The largest absolute Gasteiger partial charge is 0.460 e. The fraction of sp³-hybridized carbons (Fsp3) is 0.333. The molecule has 0 heterocycles. The lowest BCUT2D eigenvalue weighted by molar-refractivity contribution is 0.0164. The molecular weight excluding hydrogens is 424 g/mol. The molecule has 9 nitrogen and oxygen atoms in total. The first-order valence-electron chi connectivity index (χ1n) is 9.65. The van der Waals surface area contributed by atoms with Gasteiger partial charge in [-0.25, -0.2) is 22.7 Å². The molecule has 2 aromatic carbocycles. The van der Waals surface area contributed by atoms with Gasteiger partial charge < -0.3 is 19.5 Å². The molecule has 0 fully saturated rings. The molecule has 0 unspecified atom stereocenters. The highest BCUT2D eigenvalue weighted by atomic mass is 32.2. The van der Waals surface area contributed by atoms with Crippen LogP contribution in [0.15, 0.2) is 53.4 Å². The van der Waals surface area contributed by atoms with Crippen molar-refractivity contribution in [3.63, 3.8) is 0 Å². The van der Waals surface area contributed by atoms with E-state index in [0.717, 1.165) is 0 Å². The number of hydrogen-bond donors (Lipinski definition) is 2. The second-order valence-corrected chi connectivity index (χ2v) is 8.00. The minimum absolute atomic E-state index is 0.00551. The van der Waals surface area contributed by atoms with Gasteiger partial charge in [0.2, 0.25) is 0 Å². The van der Waals surface area contributed by atoms with Crippen LogP contribution in [0.25, 0.3) is 0 Å². The molecule has 0 aliphatic heterocycles. The Morgan fingerprint density at radius 2 is 1.65 bits per heavy atom. The number of hydrogen-bond acceptors (Lipinski definition) is 7. The van der Waals surface area contributed by atoms with Gasteiger partial charge in [0.25, 0.3) is 10.0 Å². The highest BCUT2D eigenvalue weighted by molar-refractivity contribution is 7.90. The summed E-state index contributed by atoms with van der Waals surface area (Å²) in [6, 6.07) is 11.3. The van der Waals surface area contributed by atoms with Crippen LogP contribution in [0, 0.1) is 6.92 Å². The molecule has 2 rings (SSSR count). The van der Waals surface area contributed by atoms with Crippen molar-refractivity contribution in [1.29, 1.82) is 0 Å². The summed E-state index contributed by atoms with van der Waals surface area (Å²) < 4.78 is 42.2. The molecule has 0 aliphatic carbocycles. The molecular formula is C21H26N2O7S. The number of urea groups is 1. The highest BCUT2D eigenvalue weighted by Crippen LogP contribution is 2.15. The van der Waals surface area contributed by atoms with Gasteiger partial charge in [-0.15, -0.1) is 0 Å². The number of carbonyl (C=O) groups is 2. The molecule has 0 bridgehead atoms. The van der Waals surface area contributed by atoms with Gasteiger partial charge in [0.1, 0.15) is 6.61 Å². The zero-order valence-electron chi connectivity index (χ0n) is 17.4. The Kier molecular flexibility index (Phi) is 9.44. The first kappa shape index (κ1) is 24.3. The Hall–Kier alpha value is -2.95. The van der Waals surface area contributed by atoms with E-state index in [1.54, 1.807) is 31.2 Å². The van der Waals surface area contributed by atoms with Crippen molar-refractivity contribution in [3.8, 4) is 0 Å². The van der Waals surface area contributed by atoms with Crippen molar-refractivity contribution in [3.05, 3.63) is 59.7 Å². The van der Waals surface area contributed by atoms with E-state index < -0.39 is 22.0 Å². The minimum Gasteiger partial charge on any atom is -0.460 e. The van der Waals surface area contributed by atoms with Gasteiger partial charge in [0.05, 0.1) is 30.3 Å². The van der Waals surface area contributed by atoms with Crippen molar-refractivity contribution in [1.82, 2.24) is 4.72 Å². The number of rotatable bonds is 11. The number of anilines is 1. The fourth-order valence-electron chi connectivity index (χ4n) is 2.56. The van der Waals surface area contributed by atoms with Gasteiger partial charge >= 0.3 is 12.0 Å². The van der Waals surface area contributed by atoms with Crippen LogP contribution in [0.4, 0.5) is 10.5 Å². The van der Waals surface area contributed by atoms with E-state index in [4.69, 9.17) is 14.2 Å². The number of nitrogens with one attached hydrogen (secondary N) is 2. The zero-order valence-corrected chi connectivity index (χ0v) is 18.2. The summed E-state index contributed by atoms with van der Waals surface area (Å²) in [5, 5.41) is 2.40. The van der Waals surface area contributed by atoms with Crippen LogP contribution in [0.2, 0.25) is 0 Å². The van der Waals surface area contributed by atoms with E-state index in [9.17, 15) is 18.0 Å². The molecule has 2 aromatic rings. The number of aryl methyl sites for hydroxylation is 1. The fourth-order valence-corrected chi connectivity index (χ4v) is 3.71. The van der Waals surface area contributed by atoms with Crippen molar-refractivity contribution < 1.29 is 32.2 Å². The lowest BCUT2D eigenvalue weighted by atomic mass is 10.2. The molecule has 0 radical (unpaired) electrons. The van der Waals surface area contributed by atoms with Crippen LogP contribution in [0.3, 0.4) is 0 Å². The number of carbonyl (C=O) groups excluding carboxylic acids is 2. The van der Waals surface area contributed by atoms with Crippen LogP contribution in [-0.4, -0.2) is 53.5 Å². The summed E-state index contributed by atoms with van der Waals surface area (Å²) in [5.74, 6) is -0.593. The van der Waals surface area contributed by atoms with Gasteiger partial charge in [-0.1, -0.05) is 24.3 Å². The van der Waals surface area contributed by atoms with Crippen LogP contribution >= 0.6 is 0 Å². The molecule has 2 N–H and O–H groups in total. The third-order valence-electron chi connectivity index (χ3n) is 4.00.